The van der Waals surface area contributed by atoms with Crippen LogP contribution >= 0.6 is 0 Å². The molecule has 2 aliphatic heterocycles. The molecule has 1 amide bonds. The van der Waals surface area contributed by atoms with Crippen molar-refractivity contribution in [3.63, 3.8) is 0 Å². The SMILES string of the molecule is C[C@H]1C(=O)NC[C@H]2CN(Cc3ccccc3)C[C@H]21. The van der Waals surface area contributed by atoms with E-state index in [2.05, 4.69) is 47.5 Å². The summed E-state index contributed by atoms with van der Waals surface area (Å²) in [5.74, 6) is 1.59. The second kappa shape index (κ2) is 4.73. The molecular formula is C15H20N2O. The summed E-state index contributed by atoms with van der Waals surface area (Å²) in [5, 5.41) is 3.02. The van der Waals surface area contributed by atoms with Crippen LogP contribution in [0.3, 0.4) is 0 Å². The van der Waals surface area contributed by atoms with Crippen molar-refractivity contribution in [3.05, 3.63) is 35.9 Å². The largest absolute Gasteiger partial charge is 0.356 e. The predicted molar refractivity (Wildman–Crippen MR) is 70.9 cm³/mol. The molecule has 96 valence electrons. The van der Waals surface area contributed by atoms with Crippen molar-refractivity contribution in [2.24, 2.45) is 17.8 Å². The van der Waals surface area contributed by atoms with Gasteiger partial charge in [0.15, 0.2) is 0 Å². The Kier molecular flexibility index (Phi) is 3.08. The molecule has 0 bridgehead atoms. The lowest BCUT2D eigenvalue weighted by Gasteiger charge is -2.30. The number of fused-ring (bicyclic) bond motifs is 1. The van der Waals surface area contributed by atoms with Crippen LogP contribution in [0.1, 0.15) is 12.5 Å². The lowest BCUT2D eigenvalue weighted by molar-refractivity contribution is -0.128. The first-order chi connectivity index (χ1) is 8.74. The maximum atomic E-state index is 11.7. The second-order valence-corrected chi connectivity index (χ2v) is 5.64. The summed E-state index contributed by atoms with van der Waals surface area (Å²) in [6, 6.07) is 10.6. The van der Waals surface area contributed by atoms with Gasteiger partial charge < -0.3 is 5.32 Å². The zero-order valence-corrected chi connectivity index (χ0v) is 10.8. The van der Waals surface area contributed by atoms with Gasteiger partial charge in [-0.05, 0) is 17.4 Å². The van der Waals surface area contributed by atoms with Crippen LogP contribution in [-0.2, 0) is 11.3 Å². The average Bonchev–Trinajstić information content (AvgIpc) is 2.79. The molecule has 3 heteroatoms. The smallest absolute Gasteiger partial charge is 0.223 e. The Balaban J connectivity index is 1.66. The van der Waals surface area contributed by atoms with E-state index in [-0.39, 0.29) is 11.8 Å². The second-order valence-electron chi connectivity index (χ2n) is 5.64. The van der Waals surface area contributed by atoms with Crippen LogP contribution in [-0.4, -0.2) is 30.4 Å². The molecule has 2 aliphatic rings. The normalized spacial score (nSPS) is 32.1. The Labute approximate surface area is 108 Å². The fraction of sp³-hybridized carbons (Fsp3) is 0.533. The molecule has 3 rings (SSSR count). The fourth-order valence-electron chi connectivity index (χ4n) is 3.33. The highest BCUT2D eigenvalue weighted by molar-refractivity contribution is 5.79. The highest BCUT2D eigenvalue weighted by Crippen LogP contribution is 2.33. The van der Waals surface area contributed by atoms with Gasteiger partial charge in [-0.25, -0.2) is 0 Å². The number of piperidine rings is 1. The number of nitrogens with zero attached hydrogens (tertiary/aromatic N) is 1. The summed E-state index contributed by atoms with van der Waals surface area (Å²) in [4.78, 5) is 14.2. The minimum absolute atomic E-state index is 0.171. The van der Waals surface area contributed by atoms with Crippen molar-refractivity contribution in [2.75, 3.05) is 19.6 Å². The van der Waals surface area contributed by atoms with Gasteiger partial charge >= 0.3 is 0 Å². The molecule has 0 aromatic heterocycles. The third-order valence-electron chi connectivity index (χ3n) is 4.41. The number of amides is 1. The van der Waals surface area contributed by atoms with Gasteiger partial charge in [-0.1, -0.05) is 37.3 Å². The Morgan fingerprint density at radius 2 is 2.06 bits per heavy atom. The summed E-state index contributed by atoms with van der Waals surface area (Å²) in [7, 11) is 0. The molecule has 0 saturated carbocycles. The van der Waals surface area contributed by atoms with Crippen LogP contribution < -0.4 is 5.32 Å². The minimum Gasteiger partial charge on any atom is -0.356 e. The van der Waals surface area contributed by atoms with Gasteiger partial charge in [-0.15, -0.1) is 0 Å². The summed E-state index contributed by atoms with van der Waals surface area (Å²) in [6.45, 7) is 6.12. The topological polar surface area (TPSA) is 32.3 Å². The zero-order valence-electron chi connectivity index (χ0n) is 10.8. The van der Waals surface area contributed by atoms with Gasteiger partial charge in [0.1, 0.15) is 0 Å². The van der Waals surface area contributed by atoms with Gasteiger partial charge in [-0.2, -0.15) is 0 Å². The van der Waals surface area contributed by atoms with Gasteiger partial charge in [0.2, 0.25) is 5.91 Å². The Morgan fingerprint density at radius 3 is 2.83 bits per heavy atom. The number of nitrogens with one attached hydrogen (secondary N) is 1. The number of benzene rings is 1. The van der Waals surface area contributed by atoms with Crippen LogP contribution in [0.5, 0.6) is 0 Å². The molecular weight excluding hydrogens is 224 g/mol. The van der Waals surface area contributed by atoms with E-state index < -0.39 is 0 Å². The molecule has 1 aromatic rings. The first kappa shape index (κ1) is 11.7. The molecule has 18 heavy (non-hydrogen) atoms. The first-order valence-corrected chi connectivity index (χ1v) is 6.78. The molecule has 1 aromatic carbocycles. The van der Waals surface area contributed by atoms with Crippen molar-refractivity contribution in [3.8, 4) is 0 Å². The number of rotatable bonds is 2. The van der Waals surface area contributed by atoms with Crippen LogP contribution in [0.4, 0.5) is 0 Å². The maximum Gasteiger partial charge on any atom is 0.223 e. The number of hydrogen-bond donors (Lipinski definition) is 1. The average molecular weight is 244 g/mol. The lowest BCUT2D eigenvalue weighted by Crippen LogP contribution is -2.46. The summed E-state index contributed by atoms with van der Waals surface area (Å²) < 4.78 is 0. The van der Waals surface area contributed by atoms with E-state index in [4.69, 9.17) is 0 Å². The monoisotopic (exact) mass is 244 g/mol. The van der Waals surface area contributed by atoms with E-state index in [1.54, 1.807) is 0 Å². The molecule has 3 nitrogen and oxygen atoms in total. The molecule has 2 heterocycles. The third kappa shape index (κ3) is 2.15. The molecule has 0 radical (unpaired) electrons. The van der Waals surface area contributed by atoms with Crippen LogP contribution in [0.15, 0.2) is 30.3 Å². The van der Waals surface area contributed by atoms with Crippen molar-refractivity contribution in [2.45, 2.75) is 13.5 Å². The van der Waals surface area contributed by atoms with E-state index in [0.717, 1.165) is 26.2 Å². The minimum atomic E-state index is 0.171. The Bertz CT molecular complexity index is 431. The number of hydrogen-bond acceptors (Lipinski definition) is 2. The fourth-order valence-corrected chi connectivity index (χ4v) is 3.33. The van der Waals surface area contributed by atoms with Crippen molar-refractivity contribution >= 4 is 5.91 Å². The van der Waals surface area contributed by atoms with E-state index in [9.17, 15) is 4.79 Å². The summed E-state index contributed by atoms with van der Waals surface area (Å²) >= 11 is 0. The van der Waals surface area contributed by atoms with Crippen molar-refractivity contribution in [1.29, 1.82) is 0 Å². The molecule has 0 unspecified atom stereocenters. The van der Waals surface area contributed by atoms with Crippen molar-refractivity contribution in [1.82, 2.24) is 10.2 Å². The highest BCUT2D eigenvalue weighted by Gasteiger charge is 2.41. The molecule has 0 aliphatic carbocycles. The summed E-state index contributed by atoms with van der Waals surface area (Å²) in [6.07, 6.45) is 0. The van der Waals surface area contributed by atoms with Crippen molar-refractivity contribution < 1.29 is 4.79 Å². The highest BCUT2D eigenvalue weighted by atomic mass is 16.1. The van der Waals surface area contributed by atoms with Gasteiger partial charge in [-0.3, -0.25) is 9.69 Å². The number of carbonyl (C=O) groups excluding carboxylic acids is 1. The van der Waals surface area contributed by atoms with Gasteiger partial charge in [0.05, 0.1) is 0 Å². The Hall–Kier alpha value is -1.35. The van der Waals surface area contributed by atoms with Gasteiger partial charge in [0, 0.05) is 32.1 Å². The summed E-state index contributed by atoms with van der Waals surface area (Å²) in [5.41, 5.74) is 1.36. The molecule has 2 saturated heterocycles. The van der Waals surface area contributed by atoms with E-state index >= 15 is 0 Å². The van der Waals surface area contributed by atoms with E-state index in [1.807, 2.05) is 0 Å². The maximum absolute atomic E-state index is 11.7. The molecule has 2 fully saturated rings. The quantitative estimate of drug-likeness (QED) is 0.855. The van der Waals surface area contributed by atoms with Crippen LogP contribution in [0, 0.1) is 17.8 Å². The van der Waals surface area contributed by atoms with Gasteiger partial charge in [0.25, 0.3) is 0 Å². The molecule has 3 atom stereocenters. The van der Waals surface area contributed by atoms with E-state index in [0.29, 0.717) is 11.8 Å². The molecule has 1 N–H and O–H groups in total. The third-order valence-corrected chi connectivity index (χ3v) is 4.41. The zero-order chi connectivity index (χ0) is 12.5. The standard InChI is InChI=1S/C15H20N2O/c1-11-14-10-17(8-12-5-3-2-4-6-12)9-13(14)7-16-15(11)18/h2-6,11,13-14H,7-10H2,1H3,(H,16,18)/t11-,13+,14+/m1/s1. The van der Waals surface area contributed by atoms with E-state index in [1.165, 1.54) is 5.56 Å². The number of carbonyl (C=O) groups is 1. The first-order valence-electron chi connectivity index (χ1n) is 6.78. The van der Waals surface area contributed by atoms with Crippen LogP contribution in [0.2, 0.25) is 0 Å². The molecule has 0 spiro atoms. The lowest BCUT2D eigenvalue weighted by atomic mass is 9.81. The predicted octanol–water partition coefficient (Wildman–Crippen LogP) is 1.50. The Morgan fingerprint density at radius 1 is 1.28 bits per heavy atom. The van der Waals surface area contributed by atoms with Crippen LogP contribution in [0.25, 0.3) is 0 Å². The number of likely N-dealkylation sites (tertiary alicyclic amines) is 1.